The van der Waals surface area contributed by atoms with Gasteiger partial charge in [0.2, 0.25) is 5.91 Å². The number of carbonyl (C=O) groups excluding carboxylic acids is 2. The molecule has 6 nitrogen and oxygen atoms in total. The molecule has 0 bridgehead atoms. The van der Waals surface area contributed by atoms with Crippen LogP contribution in [0.1, 0.15) is 37.3 Å². The Morgan fingerprint density at radius 1 is 1.16 bits per heavy atom. The van der Waals surface area contributed by atoms with Crippen molar-refractivity contribution in [2.24, 2.45) is 0 Å². The highest BCUT2D eigenvalue weighted by Crippen LogP contribution is 2.15. The number of nitrogens with zero attached hydrogens (tertiary/aromatic N) is 1. The van der Waals surface area contributed by atoms with Gasteiger partial charge in [-0.3, -0.25) is 9.69 Å². The van der Waals surface area contributed by atoms with E-state index in [-0.39, 0.29) is 18.0 Å². The van der Waals surface area contributed by atoms with E-state index in [2.05, 4.69) is 27.8 Å². The average Bonchev–Trinajstić information content (AvgIpc) is 2.58. The number of nitrogens with one attached hydrogen (secondary N) is 3. The molecule has 0 radical (unpaired) electrons. The molecule has 0 saturated carbocycles. The zero-order valence-electron chi connectivity index (χ0n) is 15.5. The molecule has 1 aromatic rings. The molecule has 2 rings (SSSR count). The number of anilines is 1. The monoisotopic (exact) mass is 346 g/mol. The molecule has 1 fully saturated rings. The van der Waals surface area contributed by atoms with E-state index in [1.54, 1.807) is 0 Å². The lowest BCUT2D eigenvalue weighted by Gasteiger charge is -2.31. The van der Waals surface area contributed by atoms with Crippen molar-refractivity contribution in [1.82, 2.24) is 15.5 Å². The van der Waals surface area contributed by atoms with Gasteiger partial charge in [0.15, 0.2) is 0 Å². The van der Waals surface area contributed by atoms with Gasteiger partial charge in [-0.1, -0.05) is 13.0 Å². The Hall–Kier alpha value is -2.08. The first-order chi connectivity index (χ1) is 12.0. The molecular weight excluding hydrogens is 316 g/mol. The molecule has 0 spiro atoms. The number of rotatable bonds is 6. The summed E-state index contributed by atoms with van der Waals surface area (Å²) in [6.45, 7) is 8.96. The van der Waals surface area contributed by atoms with Gasteiger partial charge in [-0.25, -0.2) is 4.79 Å². The summed E-state index contributed by atoms with van der Waals surface area (Å²) in [4.78, 5) is 26.0. The lowest BCUT2D eigenvalue weighted by atomic mass is 10.1. The van der Waals surface area contributed by atoms with Crippen molar-refractivity contribution < 1.29 is 9.59 Å². The quantitative estimate of drug-likeness (QED) is 0.741. The standard InChI is InChI=1S/C19H30N4O2/c1-4-9-20-18(24)13-23-10-7-16(8-11-23)21-19(25)22-17-6-5-14(2)15(3)12-17/h5-6,12,16H,4,7-11,13H2,1-3H3,(H,20,24)(H2,21,22,25). The molecule has 138 valence electrons. The Morgan fingerprint density at radius 3 is 2.52 bits per heavy atom. The van der Waals surface area contributed by atoms with Gasteiger partial charge in [-0.05, 0) is 56.4 Å². The van der Waals surface area contributed by atoms with E-state index in [0.717, 1.165) is 50.1 Å². The van der Waals surface area contributed by atoms with Crippen LogP contribution in [0.2, 0.25) is 0 Å². The maximum atomic E-state index is 12.2. The molecule has 3 N–H and O–H groups in total. The van der Waals surface area contributed by atoms with Gasteiger partial charge in [0.25, 0.3) is 0 Å². The van der Waals surface area contributed by atoms with Gasteiger partial charge in [-0.2, -0.15) is 0 Å². The fourth-order valence-electron chi connectivity index (χ4n) is 2.93. The van der Waals surface area contributed by atoms with Crippen LogP contribution in [0.15, 0.2) is 18.2 Å². The second-order valence-electron chi connectivity index (χ2n) is 6.80. The number of amides is 3. The predicted octanol–water partition coefficient (Wildman–Crippen LogP) is 2.42. The lowest BCUT2D eigenvalue weighted by Crippen LogP contribution is -2.48. The fraction of sp³-hybridized carbons (Fsp3) is 0.579. The van der Waals surface area contributed by atoms with Crippen molar-refractivity contribution in [3.63, 3.8) is 0 Å². The molecule has 1 saturated heterocycles. The summed E-state index contributed by atoms with van der Waals surface area (Å²) in [6, 6.07) is 5.89. The average molecular weight is 346 g/mol. The minimum Gasteiger partial charge on any atom is -0.355 e. The number of hydrogen-bond acceptors (Lipinski definition) is 3. The first-order valence-electron chi connectivity index (χ1n) is 9.11. The van der Waals surface area contributed by atoms with Gasteiger partial charge in [0, 0.05) is 31.4 Å². The lowest BCUT2D eigenvalue weighted by molar-refractivity contribution is -0.122. The van der Waals surface area contributed by atoms with Crippen LogP contribution in [0.5, 0.6) is 0 Å². The molecular formula is C19H30N4O2. The molecule has 1 aliphatic heterocycles. The second kappa shape index (κ2) is 9.42. The highest BCUT2D eigenvalue weighted by Gasteiger charge is 2.22. The Kier molecular flexibility index (Phi) is 7.25. The number of aryl methyl sites for hydroxylation is 2. The Balaban J connectivity index is 1.71. The van der Waals surface area contributed by atoms with E-state index >= 15 is 0 Å². The van der Waals surface area contributed by atoms with E-state index in [0.29, 0.717) is 6.54 Å². The van der Waals surface area contributed by atoms with Crippen LogP contribution >= 0.6 is 0 Å². The van der Waals surface area contributed by atoms with Crippen LogP contribution in [-0.2, 0) is 4.79 Å². The minimum absolute atomic E-state index is 0.0840. The Morgan fingerprint density at radius 2 is 1.88 bits per heavy atom. The predicted molar refractivity (Wildman–Crippen MR) is 101 cm³/mol. The second-order valence-corrected chi connectivity index (χ2v) is 6.80. The van der Waals surface area contributed by atoms with Gasteiger partial charge in [0.1, 0.15) is 0 Å². The molecule has 0 unspecified atom stereocenters. The number of benzene rings is 1. The van der Waals surface area contributed by atoms with Crippen LogP contribution in [0.4, 0.5) is 10.5 Å². The van der Waals surface area contributed by atoms with Crippen LogP contribution in [0.25, 0.3) is 0 Å². The Bertz CT molecular complexity index is 595. The zero-order chi connectivity index (χ0) is 18.2. The molecule has 3 amide bonds. The normalized spacial score (nSPS) is 15.6. The minimum atomic E-state index is -0.164. The third kappa shape index (κ3) is 6.38. The molecule has 0 aromatic heterocycles. The van der Waals surface area contributed by atoms with E-state index < -0.39 is 0 Å². The first-order valence-corrected chi connectivity index (χ1v) is 9.11. The van der Waals surface area contributed by atoms with Crippen molar-refractivity contribution in [2.45, 2.75) is 46.1 Å². The summed E-state index contributed by atoms with van der Waals surface area (Å²) < 4.78 is 0. The van der Waals surface area contributed by atoms with Crippen LogP contribution in [-0.4, -0.2) is 49.1 Å². The number of urea groups is 1. The summed E-state index contributed by atoms with van der Waals surface area (Å²) >= 11 is 0. The molecule has 0 aliphatic carbocycles. The van der Waals surface area contributed by atoms with Gasteiger partial charge in [-0.15, -0.1) is 0 Å². The van der Waals surface area contributed by atoms with Crippen LogP contribution in [0.3, 0.4) is 0 Å². The molecule has 1 heterocycles. The number of piperidine rings is 1. The maximum absolute atomic E-state index is 12.2. The molecule has 1 aromatic carbocycles. The van der Waals surface area contributed by atoms with Crippen molar-refractivity contribution in [1.29, 1.82) is 0 Å². The van der Waals surface area contributed by atoms with Crippen LogP contribution < -0.4 is 16.0 Å². The number of carbonyl (C=O) groups is 2. The zero-order valence-corrected chi connectivity index (χ0v) is 15.5. The van der Waals surface area contributed by atoms with Gasteiger partial charge in [0.05, 0.1) is 6.54 Å². The summed E-state index contributed by atoms with van der Waals surface area (Å²) in [5.74, 6) is 0.0840. The molecule has 25 heavy (non-hydrogen) atoms. The number of hydrogen-bond donors (Lipinski definition) is 3. The summed E-state index contributed by atoms with van der Waals surface area (Å²) in [7, 11) is 0. The fourth-order valence-corrected chi connectivity index (χ4v) is 2.93. The third-order valence-electron chi connectivity index (χ3n) is 4.63. The van der Waals surface area contributed by atoms with Crippen LogP contribution in [0, 0.1) is 13.8 Å². The SMILES string of the molecule is CCCNC(=O)CN1CCC(NC(=O)Nc2ccc(C)c(C)c2)CC1. The molecule has 6 heteroatoms. The van der Waals surface area contributed by atoms with Gasteiger partial charge < -0.3 is 16.0 Å². The highest BCUT2D eigenvalue weighted by atomic mass is 16.2. The summed E-state index contributed by atoms with van der Waals surface area (Å²) in [6.07, 6.45) is 2.68. The van der Waals surface area contributed by atoms with E-state index in [4.69, 9.17) is 0 Å². The highest BCUT2D eigenvalue weighted by molar-refractivity contribution is 5.89. The summed E-state index contributed by atoms with van der Waals surface area (Å²) in [5, 5.41) is 8.83. The van der Waals surface area contributed by atoms with E-state index in [9.17, 15) is 9.59 Å². The molecule has 1 aliphatic rings. The van der Waals surface area contributed by atoms with E-state index in [1.807, 2.05) is 32.0 Å². The van der Waals surface area contributed by atoms with Crippen molar-refractivity contribution >= 4 is 17.6 Å². The van der Waals surface area contributed by atoms with Crippen molar-refractivity contribution in [3.05, 3.63) is 29.3 Å². The number of likely N-dealkylation sites (tertiary alicyclic amines) is 1. The smallest absolute Gasteiger partial charge is 0.319 e. The third-order valence-corrected chi connectivity index (χ3v) is 4.63. The summed E-state index contributed by atoms with van der Waals surface area (Å²) in [5.41, 5.74) is 3.18. The topological polar surface area (TPSA) is 73.5 Å². The largest absolute Gasteiger partial charge is 0.355 e. The van der Waals surface area contributed by atoms with E-state index in [1.165, 1.54) is 5.56 Å². The van der Waals surface area contributed by atoms with Crippen molar-refractivity contribution in [2.75, 3.05) is 31.5 Å². The molecule has 0 atom stereocenters. The van der Waals surface area contributed by atoms with Crippen molar-refractivity contribution in [3.8, 4) is 0 Å². The Labute approximate surface area is 150 Å². The van der Waals surface area contributed by atoms with Gasteiger partial charge >= 0.3 is 6.03 Å². The maximum Gasteiger partial charge on any atom is 0.319 e. The first kappa shape index (κ1) is 19.2.